The molecule has 0 saturated carbocycles. The van der Waals surface area contributed by atoms with Crippen molar-refractivity contribution in [1.29, 1.82) is 0 Å². The van der Waals surface area contributed by atoms with Crippen LogP contribution in [0.25, 0.3) is 5.57 Å². The van der Waals surface area contributed by atoms with Gasteiger partial charge in [-0.25, -0.2) is 4.58 Å². The lowest BCUT2D eigenvalue weighted by Crippen LogP contribution is -2.27. The monoisotopic (exact) mass is 441 g/mol. The van der Waals surface area contributed by atoms with Gasteiger partial charge >= 0.3 is 0 Å². The molecule has 1 aromatic rings. The van der Waals surface area contributed by atoms with Crippen LogP contribution in [0.5, 0.6) is 11.5 Å². The third-order valence-corrected chi connectivity index (χ3v) is 5.85. The second-order valence-electron chi connectivity index (χ2n) is 7.49. The summed E-state index contributed by atoms with van der Waals surface area (Å²) in [5.74, 6) is -2.64. The number of ketones is 1. The minimum atomic E-state index is -0.704. The Kier molecular flexibility index (Phi) is 6.34. The third kappa shape index (κ3) is 3.62. The molecular formula is C24H29N2O6+. The second kappa shape index (κ2) is 8.82. The highest BCUT2D eigenvalue weighted by atomic mass is 16.3. The van der Waals surface area contributed by atoms with Gasteiger partial charge in [-0.3, -0.25) is 4.79 Å². The first-order valence-corrected chi connectivity index (χ1v) is 10.7. The number of allylic oxidation sites excluding steroid dienone is 4. The van der Waals surface area contributed by atoms with Crippen molar-refractivity contribution in [2.75, 3.05) is 31.1 Å². The van der Waals surface area contributed by atoms with Crippen LogP contribution in [0.2, 0.25) is 0 Å². The zero-order valence-electron chi connectivity index (χ0n) is 18.7. The number of aromatic hydroxyl groups is 2. The zero-order valence-corrected chi connectivity index (χ0v) is 18.7. The second-order valence-corrected chi connectivity index (χ2v) is 7.49. The molecular weight excluding hydrogens is 412 g/mol. The fourth-order valence-electron chi connectivity index (χ4n) is 4.12. The Balaban J connectivity index is 2.11. The Morgan fingerprint density at radius 2 is 1.28 bits per heavy atom. The maximum absolute atomic E-state index is 12.9. The van der Waals surface area contributed by atoms with Gasteiger partial charge in [-0.15, -0.1) is 0 Å². The Hall–Kier alpha value is -3.68. The first-order chi connectivity index (χ1) is 15.2. The highest BCUT2D eigenvalue weighted by molar-refractivity contribution is 6.40. The molecule has 0 aliphatic heterocycles. The molecule has 2 aliphatic carbocycles. The van der Waals surface area contributed by atoms with E-state index in [0.29, 0.717) is 37.6 Å². The summed E-state index contributed by atoms with van der Waals surface area (Å²) in [5, 5.41) is 52.7. The standard InChI is InChI=1S/C24H28N2O6/c1-5-25(6-2)13-9-15(27)19(16(28)10-13)21-23(31)22(24(21)32)20-17(29)11-14(12-18(20)30)26(7-3)8-4/h9-12H,5-8H2,1-4H3,(H4,27,28,29,30,31,32)/p+1. The molecule has 0 aromatic heterocycles. The number of hydrogen-bond acceptors (Lipinski definition) is 7. The summed E-state index contributed by atoms with van der Waals surface area (Å²) in [4.78, 5) is 14.8. The number of phenolic OH excluding ortho intramolecular Hbond substituents is 2. The lowest BCUT2D eigenvalue weighted by Gasteiger charge is -2.27. The number of carbonyl (C=O) groups excluding carboxylic acids is 1. The quantitative estimate of drug-likeness (QED) is 0.338. The topological polar surface area (TPSA) is 124 Å². The number of carbonyl (C=O) groups is 1. The molecule has 0 radical (unpaired) electrons. The van der Waals surface area contributed by atoms with E-state index >= 15 is 0 Å². The van der Waals surface area contributed by atoms with Gasteiger partial charge in [0.1, 0.15) is 41.9 Å². The van der Waals surface area contributed by atoms with E-state index in [1.165, 1.54) is 24.3 Å². The summed E-state index contributed by atoms with van der Waals surface area (Å²) in [6, 6.07) is 2.84. The highest BCUT2D eigenvalue weighted by Crippen LogP contribution is 2.47. The molecule has 170 valence electrons. The Labute approximate surface area is 186 Å². The molecule has 0 saturated heterocycles. The fourth-order valence-corrected chi connectivity index (χ4v) is 4.12. The maximum Gasteiger partial charge on any atom is 0.207 e. The van der Waals surface area contributed by atoms with E-state index in [9.17, 15) is 30.3 Å². The summed E-state index contributed by atoms with van der Waals surface area (Å²) < 4.78 is 1.91. The highest BCUT2D eigenvalue weighted by Gasteiger charge is 2.42. The van der Waals surface area contributed by atoms with Crippen LogP contribution in [0.4, 0.5) is 5.69 Å². The van der Waals surface area contributed by atoms with Gasteiger partial charge in [-0.05, 0) is 27.7 Å². The van der Waals surface area contributed by atoms with E-state index in [1.807, 2.05) is 37.2 Å². The molecule has 0 amide bonds. The number of phenols is 2. The van der Waals surface area contributed by atoms with Gasteiger partial charge in [0.2, 0.25) is 11.5 Å². The maximum atomic E-state index is 12.9. The number of anilines is 1. The summed E-state index contributed by atoms with van der Waals surface area (Å²) in [6.07, 6.45) is 2.84. The summed E-state index contributed by atoms with van der Waals surface area (Å²) >= 11 is 0. The largest absolute Gasteiger partial charge is 0.507 e. The van der Waals surface area contributed by atoms with Crippen LogP contribution < -0.4 is 4.90 Å². The van der Waals surface area contributed by atoms with Crippen LogP contribution >= 0.6 is 0 Å². The van der Waals surface area contributed by atoms with Gasteiger partial charge in [-0.2, -0.15) is 0 Å². The van der Waals surface area contributed by atoms with Crippen molar-refractivity contribution in [2.24, 2.45) is 0 Å². The van der Waals surface area contributed by atoms with Gasteiger partial charge in [0.15, 0.2) is 0 Å². The van der Waals surface area contributed by atoms with Gasteiger partial charge in [0, 0.05) is 30.9 Å². The number of aliphatic hydroxyl groups excluding tert-OH is 3. The van der Waals surface area contributed by atoms with Gasteiger partial charge in [-0.1, -0.05) is 0 Å². The number of nitrogens with zero attached hydrogens (tertiary/aromatic N) is 2. The SMILES string of the molecule is CCN(CC)c1cc(O)c(C2=C(O)C(=C3C(O)=CC(=[N+](CC)CC)C=C3O)C2=O)c(O)c1. The number of hydrogen-bond donors (Lipinski definition) is 5. The molecule has 32 heavy (non-hydrogen) atoms. The van der Waals surface area contributed by atoms with Crippen molar-refractivity contribution in [3.05, 3.63) is 58.3 Å². The van der Waals surface area contributed by atoms with Crippen molar-refractivity contribution >= 4 is 22.8 Å². The third-order valence-electron chi connectivity index (χ3n) is 5.85. The average molecular weight is 442 g/mol. The fraction of sp³-hybridized carbons (Fsp3) is 0.333. The molecule has 1 aromatic carbocycles. The predicted molar refractivity (Wildman–Crippen MR) is 123 cm³/mol. The van der Waals surface area contributed by atoms with Crippen LogP contribution in [0.3, 0.4) is 0 Å². The van der Waals surface area contributed by atoms with E-state index < -0.39 is 11.5 Å². The van der Waals surface area contributed by atoms with Crippen molar-refractivity contribution in [2.45, 2.75) is 27.7 Å². The van der Waals surface area contributed by atoms with Crippen LogP contribution in [-0.2, 0) is 4.79 Å². The predicted octanol–water partition coefficient (Wildman–Crippen LogP) is 3.48. The smallest absolute Gasteiger partial charge is 0.207 e. The van der Waals surface area contributed by atoms with Crippen molar-refractivity contribution in [1.82, 2.24) is 0 Å². The Morgan fingerprint density at radius 1 is 0.781 bits per heavy atom. The molecule has 0 bridgehead atoms. The first kappa shape index (κ1) is 23.0. The van der Waals surface area contributed by atoms with E-state index in [4.69, 9.17) is 0 Å². The van der Waals surface area contributed by atoms with Crippen LogP contribution in [0.1, 0.15) is 33.3 Å². The lowest BCUT2D eigenvalue weighted by atomic mass is 9.78. The summed E-state index contributed by atoms with van der Waals surface area (Å²) in [7, 11) is 0. The van der Waals surface area contributed by atoms with E-state index in [2.05, 4.69) is 0 Å². The van der Waals surface area contributed by atoms with Crippen molar-refractivity contribution < 1.29 is 34.9 Å². The molecule has 0 fully saturated rings. The molecule has 0 atom stereocenters. The van der Waals surface area contributed by atoms with Gasteiger partial charge in [0.05, 0.1) is 34.4 Å². The van der Waals surface area contributed by atoms with Crippen LogP contribution in [0, 0.1) is 0 Å². The normalized spacial score (nSPS) is 16.1. The molecule has 8 heteroatoms. The number of Topliss-reactive ketones (excluding diaryl/α,β-unsaturated/α-hetero) is 1. The first-order valence-electron chi connectivity index (χ1n) is 10.7. The number of aliphatic hydroxyl groups is 3. The molecule has 8 nitrogen and oxygen atoms in total. The number of benzene rings is 1. The zero-order chi connectivity index (χ0) is 23.7. The van der Waals surface area contributed by atoms with Gasteiger partial charge in [0.25, 0.3) is 0 Å². The van der Waals surface area contributed by atoms with Crippen LogP contribution in [-0.4, -0.2) is 67.8 Å². The van der Waals surface area contributed by atoms with Crippen molar-refractivity contribution in [3.8, 4) is 11.5 Å². The molecule has 5 N–H and O–H groups in total. The number of rotatable bonds is 6. The van der Waals surface area contributed by atoms with E-state index in [0.717, 1.165) is 0 Å². The van der Waals surface area contributed by atoms with Gasteiger partial charge < -0.3 is 30.4 Å². The summed E-state index contributed by atoms with van der Waals surface area (Å²) in [6.45, 7) is 10.3. The minimum Gasteiger partial charge on any atom is -0.507 e. The van der Waals surface area contributed by atoms with E-state index in [-0.39, 0.29) is 45.3 Å². The Bertz CT molecular complexity index is 1080. The molecule has 0 unspecified atom stereocenters. The van der Waals surface area contributed by atoms with Crippen molar-refractivity contribution in [3.63, 3.8) is 0 Å². The molecule has 0 heterocycles. The summed E-state index contributed by atoms with van der Waals surface area (Å²) in [5.41, 5.74) is 0.233. The molecule has 3 rings (SSSR count). The lowest BCUT2D eigenvalue weighted by molar-refractivity contribution is -0.519. The average Bonchev–Trinajstić information content (AvgIpc) is 2.75. The molecule has 2 aliphatic rings. The minimum absolute atomic E-state index is 0.189. The molecule has 0 spiro atoms. The van der Waals surface area contributed by atoms with E-state index in [1.54, 1.807) is 0 Å². The Morgan fingerprint density at radius 3 is 1.69 bits per heavy atom. The van der Waals surface area contributed by atoms with Crippen LogP contribution in [0.15, 0.2) is 52.7 Å².